The average molecular weight is 578 g/mol. The van der Waals surface area contributed by atoms with Gasteiger partial charge in [0.1, 0.15) is 5.69 Å². The van der Waals surface area contributed by atoms with Crippen LogP contribution in [-0.4, -0.2) is 24.6 Å². The van der Waals surface area contributed by atoms with Crippen molar-refractivity contribution in [1.82, 2.24) is 24.6 Å². The first kappa shape index (κ1) is 26.4. The van der Waals surface area contributed by atoms with E-state index in [0.29, 0.717) is 11.5 Å². The van der Waals surface area contributed by atoms with Gasteiger partial charge in [0, 0.05) is 22.3 Å². The average Bonchev–Trinajstić information content (AvgIpc) is 3.53. The van der Waals surface area contributed by atoms with E-state index in [0.717, 1.165) is 61.8 Å². The predicted molar refractivity (Wildman–Crippen MR) is 181 cm³/mol. The molecule has 0 radical (unpaired) electrons. The fourth-order valence-corrected chi connectivity index (χ4v) is 5.68. The van der Waals surface area contributed by atoms with Crippen molar-refractivity contribution in [3.63, 3.8) is 0 Å². The van der Waals surface area contributed by atoms with E-state index in [9.17, 15) is 0 Å². The molecule has 0 saturated heterocycles. The zero-order valence-corrected chi connectivity index (χ0v) is 24.3. The predicted octanol–water partition coefficient (Wildman–Crippen LogP) is 9.52. The van der Waals surface area contributed by atoms with Gasteiger partial charge in [0.25, 0.3) is 0 Å². The summed E-state index contributed by atoms with van der Waals surface area (Å²) < 4.78 is 1.94. The third-order valence-corrected chi connectivity index (χ3v) is 7.87. The molecule has 0 bridgehead atoms. The lowest BCUT2D eigenvalue weighted by molar-refractivity contribution is 0.945. The first-order chi connectivity index (χ1) is 22.3. The van der Waals surface area contributed by atoms with E-state index in [-0.39, 0.29) is 0 Å². The molecule has 0 saturated carbocycles. The van der Waals surface area contributed by atoms with Crippen LogP contribution in [0.5, 0.6) is 0 Å². The summed E-state index contributed by atoms with van der Waals surface area (Å²) in [7, 11) is 0. The van der Waals surface area contributed by atoms with Gasteiger partial charge in [-0.3, -0.25) is 0 Å². The van der Waals surface area contributed by atoms with Crippen LogP contribution in [0.25, 0.3) is 73.3 Å². The lowest BCUT2D eigenvalue weighted by Gasteiger charge is -2.10. The lowest BCUT2D eigenvalue weighted by Crippen LogP contribution is -1.99. The number of rotatable bonds is 6. The molecule has 5 heteroatoms. The van der Waals surface area contributed by atoms with Gasteiger partial charge in [-0.25, -0.2) is 19.5 Å². The van der Waals surface area contributed by atoms with Crippen LogP contribution in [0.15, 0.2) is 164 Å². The third kappa shape index (κ3) is 5.07. The molecule has 5 nitrogen and oxygen atoms in total. The molecule has 0 aliphatic heterocycles. The number of nitrogens with zero attached hydrogens (tertiary/aromatic N) is 5. The fraction of sp³-hybridized carbons (Fsp3) is 0. The van der Waals surface area contributed by atoms with Crippen LogP contribution in [0.2, 0.25) is 0 Å². The number of benzene rings is 5. The fourth-order valence-electron chi connectivity index (χ4n) is 5.68. The Labute approximate surface area is 261 Å². The van der Waals surface area contributed by atoms with Crippen molar-refractivity contribution in [1.29, 1.82) is 0 Å². The van der Waals surface area contributed by atoms with Crippen molar-refractivity contribution in [2.45, 2.75) is 0 Å². The quantitative estimate of drug-likeness (QED) is 0.197. The van der Waals surface area contributed by atoms with Crippen molar-refractivity contribution in [3.8, 4) is 67.7 Å². The Balaban J connectivity index is 1.47. The molecule has 0 fully saturated rings. The van der Waals surface area contributed by atoms with Crippen molar-refractivity contribution >= 4 is 5.65 Å². The molecule has 212 valence electrons. The highest BCUT2D eigenvalue weighted by Gasteiger charge is 2.24. The zero-order chi connectivity index (χ0) is 30.0. The number of aromatic nitrogens is 5. The summed E-state index contributed by atoms with van der Waals surface area (Å²) in [4.78, 5) is 15.6. The van der Waals surface area contributed by atoms with Crippen LogP contribution in [0, 0.1) is 0 Å². The van der Waals surface area contributed by atoms with Crippen LogP contribution >= 0.6 is 0 Å². The molecule has 8 rings (SSSR count). The standard InChI is InChI=1S/C40H27N5/c1-6-16-28(17-7-1)33-26-34(29-18-8-2-9-19-29)42-39(41-33)38-37(32-24-14-5-15-25-32)40-43-35(30-20-10-3-11-21-30)27-36(45(40)44-38)31-22-12-4-13-23-31/h1-27H. The molecule has 0 amide bonds. The molecule has 0 N–H and O–H groups in total. The van der Waals surface area contributed by atoms with E-state index in [4.69, 9.17) is 20.1 Å². The summed E-state index contributed by atoms with van der Waals surface area (Å²) in [6.07, 6.45) is 0. The van der Waals surface area contributed by atoms with Crippen molar-refractivity contribution in [3.05, 3.63) is 164 Å². The maximum atomic E-state index is 5.27. The number of hydrogen-bond donors (Lipinski definition) is 0. The van der Waals surface area contributed by atoms with Crippen LogP contribution in [0.1, 0.15) is 0 Å². The van der Waals surface area contributed by atoms with E-state index in [1.54, 1.807) is 0 Å². The number of fused-ring (bicyclic) bond motifs is 1. The summed E-state index contributed by atoms with van der Waals surface area (Å²) in [5.74, 6) is 0.542. The molecular formula is C40H27N5. The van der Waals surface area contributed by atoms with Crippen LogP contribution in [-0.2, 0) is 0 Å². The van der Waals surface area contributed by atoms with Crippen molar-refractivity contribution in [2.24, 2.45) is 0 Å². The Morgan fingerprint density at radius 1 is 0.378 bits per heavy atom. The Morgan fingerprint density at radius 3 is 1.24 bits per heavy atom. The monoisotopic (exact) mass is 577 g/mol. The minimum absolute atomic E-state index is 0.542. The van der Waals surface area contributed by atoms with Gasteiger partial charge in [0.05, 0.1) is 28.3 Å². The van der Waals surface area contributed by atoms with E-state index in [1.807, 2.05) is 102 Å². The molecule has 8 aromatic rings. The Morgan fingerprint density at radius 2 is 0.778 bits per heavy atom. The maximum Gasteiger partial charge on any atom is 0.181 e. The topological polar surface area (TPSA) is 56.0 Å². The lowest BCUT2D eigenvalue weighted by atomic mass is 10.0. The smallest absolute Gasteiger partial charge is 0.181 e. The zero-order valence-electron chi connectivity index (χ0n) is 24.3. The highest BCUT2D eigenvalue weighted by molar-refractivity contribution is 5.91. The third-order valence-electron chi connectivity index (χ3n) is 7.87. The molecule has 0 spiro atoms. The maximum absolute atomic E-state index is 5.27. The molecule has 3 aromatic heterocycles. The molecule has 5 aromatic carbocycles. The SMILES string of the molecule is c1ccc(-c2cc(-c3ccccc3)nc(-c3nn4c(-c5ccccc5)cc(-c5ccccc5)nc4c3-c3ccccc3)n2)cc1. The van der Waals surface area contributed by atoms with E-state index in [2.05, 4.69) is 66.7 Å². The van der Waals surface area contributed by atoms with Gasteiger partial charge >= 0.3 is 0 Å². The molecule has 0 atom stereocenters. The van der Waals surface area contributed by atoms with Gasteiger partial charge in [-0.2, -0.15) is 5.10 Å². The van der Waals surface area contributed by atoms with E-state index >= 15 is 0 Å². The molecule has 45 heavy (non-hydrogen) atoms. The van der Waals surface area contributed by atoms with Gasteiger partial charge in [-0.05, 0) is 17.7 Å². The Hall–Kier alpha value is -6.20. The van der Waals surface area contributed by atoms with Gasteiger partial charge in [0.2, 0.25) is 0 Å². The van der Waals surface area contributed by atoms with Gasteiger partial charge in [-0.15, -0.1) is 0 Å². The van der Waals surface area contributed by atoms with Crippen LogP contribution in [0.4, 0.5) is 0 Å². The van der Waals surface area contributed by atoms with Gasteiger partial charge < -0.3 is 0 Å². The summed E-state index contributed by atoms with van der Waals surface area (Å²) in [5, 5.41) is 5.27. The normalized spacial score (nSPS) is 11.1. The number of hydrogen-bond acceptors (Lipinski definition) is 4. The first-order valence-electron chi connectivity index (χ1n) is 14.9. The molecular weight excluding hydrogens is 550 g/mol. The Kier molecular flexibility index (Phi) is 6.74. The summed E-state index contributed by atoms with van der Waals surface area (Å²) in [5.41, 5.74) is 10.9. The second kappa shape index (κ2) is 11.5. The molecule has 3 heterocycles. The molecule has 0 unspecified atom stereocenters. The van der Waals surface area contributed by atoms with Crippen LogP contribution < -0.4 is 0 Å². The highest BCUT2D eigenvalue weighted by Crippen LogP contribution is 2.38. The summed E-state index contributed by atoms with van der Waals surface area (Å²) in [6.45, 7) is 0. The van der Waals surface area contributed by atoms with Gasteiger partial charge in [0.15, 0.2) is 11.5 Å². The van der Waals surface area contributed by atoms with Crippen molar-refractivity contribution < 1.29 is 0 Å². The second-order valence-corrected chi connectivity index (χ2v) is 10.8. The largest absolute Gasteiger partial charge is 0.228 e. The minimum Gasteiger partial charge on any atom is -0.228 e. The highest BCUT2D eigenvalue weighted by atomic mass is 15.3. The van der Waals surface area contributed by atoms with Crippen molar-refractivity contribution in [2.75, 3.05) is 0 Å². The second-order valence-electron chi connectivity index (χ2n) is 10.8. The molecule has 0 aliphatic carbocycles. The molecule has 0 aliphatic rings. The Bertz CT molecular complexity index is 2170. The van der Waals surface area contributed by atoms with Crippen LogP contribution in [0.3, 0.4) is 0 Å². The van der Waals surface area contributed by atoms with Gasteiger partial charge in [-0.1, -0.05) is 152 Å². The van der Waals surface area contributed by atoms with E-state index in [1.165, 1.54) is 0 Å². The van der Waals surface area contributed by atoms with E-state index < -0.39 is 0 Å². The summed E-state index contributed by atoms with van der Waals surface area (Å²) >= 11 is 0. The first-order valence-corrected chi connectivity index (χ1v) is 14.9. The summed E-state index contributed by atoms with van der Waals surface area (Å²) in [6, 6.07) is 55.5. The minimum atomic E-state index is 0.542.